The second kappa shape index (κ2) is 5.18. The highest BCUT2D eigenvalue weighted by Gasteiger charge is 2.13. The van der Waals surface area contributed by atoms with Crippen molar-refractivity contribution >= 4 is 17.1 Å². The highest BCUT2D eigenvalue weighted by atomic mass is 32.1. The van der Waals surface area contributed by atoms with Crippen LogP contribution in [-0.2, 0) is 6.54 Å². The van der Waals surface area contributed by atoms with Crippen LogP contribution in [0.5, 0.6) is 5.75 Å². The van der Waals surface area contributed by atoms with Crippen molar-refractivity contribution in [1.82, 2.24) is 4.57 Å². The number of ether oxygens (including phenoxy) is 1. The fourth-order valence-corrected chi connectivity index (χ4v) is 2.26. The van der Waals surface area contributed by atoms with Gasteiger partial charge in [0.05, 0.1) is 19.2 Å². The van der Waals surface area contributed by atoms with E-state index in [1.54, 1.807) is 17.6 Å². The van der Waals surface area contributed by atoms with E-state index >= 15 is 0 Å². The topological polar surface area (TPSA) is 48.3 Å². The van der Waals surface area contributed by atoms with E-state index in [-0.39, 0.29) is 17.2 Å². The SMILES string of the molecule is COc1cc(C)ccc1C(=O)Cn1ccsc1=O. The molecule has 0 unspecified atom stereocenters. The number of aromatic nitrogens is 1. The van der Waals surface area contributed by atoms with E-state index in [4.69, 9.17) is 4.74 Å². The zero-order chi connectivity index (χ0) is 13.1. The van der Waals surface area contributed by atoms with Crippen molar-refractivity contribution in [1.29, 1.82) is 0 Å². The number of ketones is 1. The summed E-state index contributed by atoms with van der Waals surface area (Å²) in [7, 11) is 1.53. The summed E-state index contributed by atoms with van der Waals surface area (Å²) in [5.41, 5.74) is 1.53. The van der Waals surface area contributed by atoms with Gasteiger partial charge in [0.1, 0.15) is 5.75 Å². The molecule has 0 spiro atoms. The molecule has 2 aromatic rings. The molecule has 0 N–H and O–H groups in total. The summed E-state index contributed by atoms with van der Waals surface area (Å²) in [5, 5.41) is 1.67. The Kier molecular flexibility index (Phi) is 3.62. The van der Waals surface area contributed by atoms with Crippen molar-refractivity contribution in [2.45, 2.75) is 13.5 Å². The molecule has 1 heterocycles. The number of carbonyl (C=O) groups excluding carboxylic acids is 1. The summed E-state index contributed by atoms with van der Waals surface area (Å²) in [5.74, 6) is 0.413. The first-order valence-corrected chi connectivity index (χ1v) is 6.31. The first-order chi connectivity index (χ1) is 8.61. The van der Waals surface area contributed by atoms with Gasteiger partial charge in [-0.15, -0.1) is 0 Å². The van der Waals surface area contributed by atoms with Gasteiger partial charge in [0.15, 0.2) is 5.78 Å². The van der Waals surface area contributed by atoms with Gasteiger partial charge < -0.3 is 4.74 Å². The number of nitrogens with zero attached hydrogens (tertiary/aromatic N) is 1. The largest absolute Gasteiger partial charge is 0.496 e. The Hall–Kier alpha value is -1.88. The molecule has 0 amide bonds. The molecule has 0 aliphatic heterocycles. The molecule has 2 rings (SSSR count). The normalized spacial score (nSPS) is 10.3. The van der Waals surface area contributed by atoms with Crippen molar-refractivity contribution < 1.29 is 9.53 Å². The van der Waals surface area contributed by atoms with Crippen molar-refractivity contribution in [3.63, 3.8) is 0 Å². The summed E-state index contributed by atoms with van der Waals surface area (Å²) in [6.45, 7) is 1.97. The van der Waals surface area contributed by atoms with E-state index in [1.165, 1.54) is 11.7 Å². The Balaban J connectivity index is 2.29. The monoisotopic (exact) mass is 263 g/mol. The predicted octanol–water partition coefficient (Wildman–Crippen LogP) is 2.11. The third-order valence-electron chi connectivity index (χ3n) is 2.62. The molecule has 0 bridgehead atoms. The molecule has 0 saturated carbocycles. The molecular weight excluding hydrogens is 250 g/mol. The van der Waals surface area contributed by atoms with Crippen LogP contribution in [0.15, 0.2) is 34.6 Å². The molecule has 1 aromatic heterocycles. The standard InChI is InChI=1S/C13H13NO3S/c1-9-3-4-10(12(7-9)17-2)11(15)8-14-5-6-18-13(14)16/h3-7H,8H2,1-2H3. The Labute approximate surface area is 108 Å². The van der Waals surface area contributed by atoms with E-state index in [0.717, 1.165) is 16.9 Å². The smallest absolute Gasteiger partial charge is 0.307 e. The molecule has 18 heavy (non-hydrogen) atoms. The fourth-order valence-electron chi connectivity index (χ4n) is 1.68. The Morgan fingerprint density at radius 1 is 1.44 bits per heavy atom. The van der Waals surface area contributed by atoms with Crippen LogP contribution in [0.1, 0.15) is 15.9 Å². The Bertz CT molecular complexity index is 627. The van der Waals surface area contributed by atoms with Crippen LogP contribution in [0, 0.1) is 6.92 Å². The van der Waals surface area contributed by atoms with E-state index in [0.29, 0.717) is 11.3 Å². The zero-order valence-corrected chi connectivity index (χ0v) is 11.0. The van der Waals surface area contributed by atoms with Crippen LogP contribution < -0.4 is 9.61 Å². The third kappa shape index (κ3) is 2.51. The molecule has 94 valence electrons. The van der Waals surface area contributed by atoms with Gasteiger partial charge in [0.2, 0.25) is 0 Å². The van der Waals surface area contributed by atoms with E-state index < -0.39 is 0 Å². The number of benzene rings is 1. The average molecular weight is 263 g/mol. The van der Waals surface area contributed by atoms with Crippen LogP contribution >= 0.6 is 11.3 Å². The zero-order valence-electron chi connectivity index (χ0n) is 10.2. The van der Waals surface area contributed by atoms with Crippen molar-refractivity contribution in [3.8, 4) is 5.75 Å². The van der Waals surface area contributed by atoms with Gasteiger partial charge in [-0.2, -0.15) is 0 Å². The molecular formula is C13H13NO3S. The summed E-state index contributed by atoms with van der Waals surface area (Å²) in [6.07, 6.45) is 1.62. The van der Waals surface area contributed by atoms with Crippen LogP contribution in [0.25, 0.3) is 0 Å². The molecule has 0 aliphatic carbocycles. The predicted molar refractivity (Wildman–Crippen MR) is 70.6 cm³/mol. The number of rotatable bonds is 4. The highest BCUT2D eigenvalue weighted by Crippen LogP contribution is 2.20. The molecule has 0 radical (unpaired) electrons. The average Bonchev–Trinajstić information content (AvgIpc) is 2.74. The van der Waals surface area contributed by atoms with Crippen molar-refractivity contribution in [3.05, 3.63) is 50.6 Å². The first-order valence-electron chi connectivity index (χ1n) is 5.43. The highest BCUT2D eigenvalue weighted by molar-refractivity contribution is 7.07. The van der Waals surface area contributed by atoms with Crippen LogP contribution in [0.4, 0.5) is 0 Å². The fraction of sp³-hybridized carbons (Fsp3) is 0.231. The minimum absolute atomic E-state index is 0.0434. The lowest BCUT2D eigenvalue weighted by atomic mass is 10.1. The van der Waals surface area contributed by atoms with Gasteiger partial charge in [-0.1, -0.05) is 17.4 Å². The lowest BCUT2D eigenvalue weighted by Gasteiger charge is -2.08. The molecule has 0 aliphatic rings. The van der Waals surface area contributed by atoms with Gasteiger partial charge >= 0.3 is 4.87 Å². The third-order valence-corrected chi connectivity index (χ3v) is 3.31. The second-order valence-electron chi connectivity index (χ2n) is 3.92. The van der Waals surface area contributed by atoms with Gasteiger partial charge in [-0.05, 0) is 24.6 Å². The maximum atomic E-state index is 12.1. The molecule has 0 saturated heterocycles. The second-order valence-corrected chi connectivity index (χ2v) is 4.78. The number of thiazole rings is 1. The van der Waals surface area contributed by atoms with Crippen LogP contribution in [-0.4, -0.2) is 17.5 Å². The van der Waals surface area contributed by atoms with Crippen LogP contribution in [0.3, 0.4) is 0 Å². The molecule has 4 nitrogen and oxygen atoms in total. The lowest BCUT2D eigenvalue weighted by molar-refractivity contribution is 0.0968. The Morgan fingerprint density at radius 2 is 2.22 bits per heavy atom. The van der Waals surface area contributed by atoms with E-state index in [1.807, 2.05) is 19.1 Å². The quantitative estimate of drug-likeness (QED) is 0.794. The minimum atomic E-state index is -0.132. The van der Waals surface area contributed by atoms with Gasteiger partial charge in [0, 0.05) is 11.6 Å². The lowest BCUT2D eigenvalue weighted by Crippen LogP contribution is -2.19. The van der Waals surface area contributed by atoms with Crippen LogP contribution in [0.2, 0.25) is 0 Å². The number of hydrogen-bond donors (Lipinski definition) is 0. The van der Waals surface area contributed by atoms with Crippen molar-refractivity contribution in [2.24, 2.45) is 0 Å². The maximum absolute atomic E-state index is 12.1. The number of hydrogen-bond acceptors (Lipinski definition) is 4. The summed E-state index contributed by atoms with van der Waals surface area (Å²) < 4.78 is 6.59. The summed E-state index contributed by atoms with van der Waals surface area (Å²) in [6, 6.07) is 5.39. The Morgan fingerprint density at radius 3 is 2.83 bits per heavy atom. The van der Waals surface area contributed by atoms with Gasteiger partial charge in [-0.3, -0.25) is 14.2 Å². The summed E-state index contributed by atoms with van der Waals surface area (Å²) >= 11 is 1.08. The number of Topliss-reactive ketones (excluding diaryl/α,β-unsaturated/α-hetero) is 1. The van der Waals surface area contributed by atoms with Crippen molar-refractivity contribution in [2.75, 3.05) is 7.11 Å². The van der Waals surface area contributed by atoms with E-state index in [9.17, 15) is 9.59 Å². The molecule has 0 fully saturated rings. The number of carbonyl (C=O) groups is 1. The van der Waals surface area contributed by atoms with Gasteiger partial charge in [-0.25, -0.2) is 0 Å². The molecule has 5 heteroatoms. The minimum Gasteiger partial charge on any atom is -0.496 e. The maximum Gasteiger partial charge on any atom is 0.307 e. The number of methoxy groups -OCH3 is 1. The molecule has 1 aromatic carbocycles. The van der Waals surface area contributed by atoms with E-state index in [2.05, 4.69) is 0 Å². The summed E-state index contributed by atoms with van der Waals surface area (Å²) in [4.78, 5) is 23.4. The first kappa shape index (κ1) is 12.6. The van der Waals surface area contributed by atoms with Gasteiger partial charge in [0.25, 0.3) is 0 Å². The molecule has 0 atom stereocenters. The number of aryl methyl sites for hydroxylation is 1.